The number of hydrogen-bond acceptors (Lipinski definition) is 4. The van der Waals surface area contributed by atoms with Crippen molar-refractivity contribution in [2.24, 2.45) is 0 Å². The number of carbonyl (C=O) groups excluding carboxylic acids is 1. The number of carbonyl (C=O) groups is 1. The summed E-state index contributed by atoms with van der Waals surface area (Å²) < 4.78 is 7.16. The van der Waals surface area contributed by atoms with Crippen LogP contribution < -0.4 is 5.32 Å². The minimum Gasteiger partial charge on any atom is -0.465 e. The first-order valence-electron chi connectivity index (χ1n) is 6.58. The Morgan fingerprint density at radius 2 is 2.33 bits per heavy atom. The molecule has 1 aliphatic carbocycles. The topological polar surface area (TPSA) is 56.1 Å². The molecule has 1 unspecified atom stereocenters. The van der Waals surface area contributed by atoms with Crippen LogP contribution in [0.25, 0.3) is 0 Å². The highest BCUT2D eigenvalue weighted by Crippen LogP contribution is 2.26. The maximum Gasteiger partial charge on any atom is 0.329 e. The van der Waals surface area contributed by atoms with Gasteiger partial charge in [0, 0.05) is 12.1 Å². The largest absolute Gasteiger partial charge is 0.465 e. The van der Waals surface area contributed by atoms with E-state index >= 15 is 0 Å². The Kier molecular flexibility index (Phi) is 4.01. The number of esters is 1. The predicted molar refractivity (Wildman–Crippen MR) is 68.1 cm³/mol. The second-order valence-corrected chi connectivity index (χ2v) is 4.95. The van der Waals surface area contributed by atoms with Crippen LogP contribution in [0.5, 0.6) is 0 Å². The first-order chi connectivity index (χ1) is 8.63. The lowest BCUT2D eigenvalue weighted by molar-refractivity contribution is -0.146. The van der Waals surface area contributed by atoms with E-state index in [2.05, 4.69) is 24.1 Å². The molecule has 1 aromatic heterocycles. The van der Waals surface area contributed by atoms with E-state index in [1.807, 2.05) is 11.5 Å². The number of ether oxygens (including phenoxy) is 1. The van der Waals surface area contributed by atoms with Gasteiger partial charge in [0.2, 0.25) is 0 Å². The van der Waals surface area contributed by atoms with Gasteiger partial charge in [-0.25, -0.2) is 9.78 Å². The molecule has 0 saturated heterocycles. The monoisotopic (exact) mass is 251 g/mol. The van der Waals surface area contributed by atoms with E-state index in [0.717, 1.165) is 18.5 Å². The number of rotatable bonds is 6. The summed E-state index contributed by atoms with van der Waals surface area (Å²) in [7, 11) is 0. The van der Waals surface area contributed by atoms with E-state index < -0.39 is 6.04 Å². The van der Waals surface area contributed by atoms with Crippen molar-refractivity contribution in [2.45, 2.75) is 51.7 Å². The SMILES string of the molecule is CCOC(=O)C(NC1CC1)c1cncn1C(C)C. The van der Waals surface area contributed by atoms with Gasteiger partial charge in [0.05, 0.1) is 24.8 Å². The van der Waals surface area contributed by atoms with Crippen LogP contribution in [0, 0.1) is 0 Å². The quantitative estimate of drug-likeness (QED) is 0.784. The lowest BCUT2D eigenvalue weighted by Gasteiger charge is -2.20. The zero-order chi connectivity index (χ0) is 13.1. The van der Waals surface area contributed by atoms with Gasteiger partial charge in [-0.2, -0.15) is 0 Å². The van der Waals surface area contributed by atoms with Gasteiger partial charge < -0.3 is 9.30 Å². The van der Waals surface area contributed by atoms with Gasteiger partial charge in [0.15, 0.2) is 0 Å². The standard InChI is InChI=1S/C13H21N3O2/c1-4-18-13(17)12(15-10-5-6-10)11-7-14-8-16(11)9(2)3/h7-10,12,15H,4-6H2,1-3H3. The van der Waals surface area contributed by atoms with E-state index in [9.17, 15) is 4.79 Å². The molecule has 1 aliphatic rings. The second kappa shape index (κ2) is 5.52. The van der Waals surface area contributed by atoms with Crippen LogP contribution in [-0.2, 0) is 9.53 Å². The molecule has 0 bridgehead atoms. The van der Waals surface area contributed by atoms with E-state index in [-0.39, 0.29) is 12.0 Å². The van der Waals surface area contributed by atoms with Gasteiger partial charge in [-0.15, -0.1) is 0 Å². The predicted octanol–water partition coefficient (Wildman–Crippen LogP) is 1.82. The fourth-order valence-corrected chi connectivity index (χ4v) is 1.96. The third kappa shape index (κ3) is 2.90. The maximum atomic E-state index is 12.1. The Morgan fingerprint density at radius 1 is 1.61 bits per heavy atom. The van der Waals surface area contributed by atoms with Crippen molar-refractivity contribution in [3.8, 4) is 0 Å². The molecule has 5 nitrogen and oxygen atoms in total. The van der Waals surface area contributed by atoms with Crippen molar-refractivity contribution >= 4 is 5.97 Å². The van der Waals surface area contributed by atoms with Gasteiger partial charge in [-0.05, 0) is 33.6 Å². The summed E-state index contributed by atoms with van der Waals surface area (Å²) >= 11 is 0. The third-order valence-corrected chi connectivity index (χ3v) is 3.05. The average molecular weight is 251 g/mol. The third-order valence-electron chi connectivity index (χ3n) is 3.05. The average Bonchev–Trinajstić information content (AvgIpc) is 3.00. The summed E-state index contributed by atoms with van der Waals surface area (Å²) in [5.74, 6) is -0.216. The molecular formula is C13H21N3O2. The molecule has 1 fully saturated rings. The highest BCUT2D eigenvalue weighted by Gasteiger charge is 2.32. The van der Waals surface area contributed by atoms with Gasteiger partial charge in [-0.3, -0.25) is 5.32 Å². The molecule has 0 amide bonds. The molecule has 5 heteroatoms. The smallest absolute Gasteiger partial charge is 0.329 e. The van der Waals surface area contributed by atoms with Crippen molar-refractivity contribution in [3.63, 3.8) is 0 Å². The van der Waals surface area contributed by atoms with E-state index in [1.54, 1.807) is 12.5 Å². The highest BCUT2D eigenvalue weighted by atomic mass is 16.5. The highest BCUT2D eigenvalue weighted by molar-refractivity contribution is 5.77. The number of aromatic nitrogens is 2. The van der Waals surface area contributed by atoms with Crippen molar-refractivity contribution in [3.05, 3.63) is 18.2 Å². The maximum absolute atomic E-state index is 12.1. The minimum absolute atomic E-state index is 0.216. The van der Waals surface area contributed by atoms with Gasteiger partial charge in [0.1, 0.15) is 6.04 Å². The summed E-state index contributed by atoms with van der Waals surface area (Å²) in [6, 6.07) is 0.317. The Labute approximate surface area is 108 Å². The Hall–Kier alpha value is -1.36. The van der Waals surface area contributed by atoms with Crippen LogP contribution in [-0.4, -0.2) is 28.2 Å². The summed E-state index contributed by atoms with van der Waals surface area (Å²) in [6.45, 7) is 6.37. The van der Waals surface area contributed by atoms with Gasteiger partial charge >= 0.3 is 5.97 Å². The number of imidazole rings is 1. The van der Waals surface area contributed by atoms with Crippen molar-refractivity contribution in [1.82, 2.24) is 14.9 Å². The zero-order valence-corrected chi connectivity index (χ0v) is 11.2. The van der Waals surface area contributed by atoms with Gasteiger partial charge in [0.25, 0.3) is 0 Å². The second-order valence-electron chi connectivity index (χ2n) is 4.95. The molecule has 1 N–H and O–H groups in total. The first-order valence-corrected chi connectivity index (χ1v) is 6.58. The fraction of sp³-hybridized carbons (Fsp3) is 0.692. The molecule has 0 spiro atoms. The van der Waals surface area contributed by atoms with Crippen LogP contribution in [0.4, 0.5) is 0 Å². The van der Waals surface area contributed by atoms with Crippen molar-refractivity contribution in [2.75, 3.05) is 6.61 Å². The van der Waals surface area contributed by atoms with E-state index in [4.69, 9.17) is 4.74 Å². The summed E-state index contributed by atoms with van der Waals surface area (Å²) in [5, 5.41) is 3.34. The molecule has 1 saturated carbocycles. The summed E-state index contributed by atoms with van der Waals surface area (Å²) in [6.07, 6.45) is 5.77. The van der Waals surface area contributed by atoms with Gasteiger partial charge in [-0.1, -0.05) is 0 Å². The van der Waals surface area contributed by atoms with E-state index in [0.29, 0.717) is 12.6 Å². The molecule has 1 aromatic rings. The van der Waals surface area contributed by atoms with Crippen LogP contribution in [0.3, 0.4) is 0 Å². The molecule has 0 radical (unpaired) electrons. The normalized spacial score (nSPS) is 16.9. The van der Waals surface area contributed by atoms with Crippen LogP contribution in [0.15, 0.2) is 12.5 Å². The lowest BCUT2D eigenvalue weighted by atomic mass is 10.2. The number of nitrogens with one attached hydrogen (secondary N) is 1. The Morgan fingerprint density at radius 3 is 2.89 bits per heavy atom. The molecule has 100 valence electrons. The number of hydrogen-bond donors (Lipinski definition) is 1. The molecular weight excluding hydrogens is 230 g/mol. The molecule has 0 aliphatic heterocycles. The first kappa shape index (κ1) is 13.1. The lowest BCUT2D eigenvalue weighted by Crippen LogP contribution is -2.33. The molecule has 2 rings (SSSR count). The van der Waals surface area contributed by atoms with Crippen LogP contribution in [0.1, 0.15) is 51.4 Å². The molecule has 18 heavy (non-hydrogen) atoms. The summed E-state index contributed by atoms with van der Waals surface area (Å²) in [4.78, 5) is 16.2. The minimum atomic E-state index is -0.401. The zero-order valence-electron chi connectivity index (χ0n) is 11.2. The Balaban J connectivity index is 2.20. The summed E-state index contributed by atoms with van der Waals surface area (Å²) in [5.41, 5.74) is 0.885. The molecule has 0 aromatic carbocycles. The fourth-order valence-electron chi connectivity index (χ4n) is 1.96. The molecule has 1 atom stereocenters. The van der Waals surface area contributed by atoms with Crippen LogP contribution in [0.2, 0.25) is 0 Å². The number of nitrogens with zero attached hydrogens (tertiary/aromatic N) is 2. The Bertz CT molecular complexity index is 410. The van der Waals surface area contributed by atoms with E-state index in [1.165, 1.54) is 0 Å². The molecule has 1 heterocycles. The van der Waals surface area contributed by atoms with Crippen molar-refractivity contribution in [1.29, 1.82) is 0 Å². The van der Waals surface area contributed by atoms with Crippen molar-refractivity contribution < 1.29 is 9.53 Å². The van der Waals surface area contributed by atoms with Crippen LogP contribution >= 0.6 is 0 Å².